The van der Waals surface area contributed by atoms with Crippen LogP contribution in [0.1, 0.15) is 0 Å². The van der Waals surface area contributed by atoms with Crippen LogP contribution in [0.4, 0.5) is 23.1 Å². The second kappa shape index (κ2) is 7.90. The molecule has 1 aliphatic rings. The molecule has 27 heavy (non-hydrogen) atoms. The van der Waals surface area contributed by atoms with Crippen molar-refractivity contribution in [3.63, 3.8) is 0 Å². The van der Waals surface area contributed by atoms with Crippen molar-refractivity contribution < 1.29 is 4.74 Å². The monoisotopic (exact) mass is 362 g/mol. The predicted molar refractivity (Wildman–Crippen MR) is 107 cm³/mol. The van der Waals surface area contributed by atoms with Crippen molar-refractivity contribution in [1.29, 1.82) is 0 Å². The summed E-state index contributed by atoms with van der Waals surface area (Å²) in [7, 11) is 1.65. The molecule has 2 aromatic carbocycles. The molecule has 7 heteroatoms. The zero-order valence-electron chi connectivity index (χ0n) is 15.2. The van der Waals surface area contributed by atoms with Gasteiger partial charge in [-0.2, -0.15) is 10.1 Å². The maximum absolute atomic E-state index is 5.18. The number of ether oxygens (including phenoxy) is 1. The number of benzene rings is 2. The molecule has 0 unspecified atom stereocenters. The summed E-state index contributed by atoms with van der Waals surface area (Å²) in [6.45, 7) is 3.70. The largest absolute Gasteiger partial charge is 0.497 e. The molecule has 0 spiro atoms. The van der Waals surface area contributed by atoms with E-state index in [1.54, 1.807) is 13.3 Å². The zero-order chi connectivity index (χ0) is 18.5. The van der Waals surface area contributed by atoms with Crippen LogP contribution in [0.15, 0.2) is 60.8 Å². The Morgan fingerprint density at radius 2 is 1.59 bits per heavy atom. The Kier molecular flexibility index (Phi) is 5.00. The van der Waals surface area contributed by atoms with E-state index >= 15 is 0 Å². The van der Waals surface area contributed by atoms with E-state index in [4.69, 9.17) is 4.74 Å². The predicted octanol–water partition coefficient (Wildman–Crippen LogP) is 2.95. The molecule has 0 aliphatic carbocycles. The van der Waals surface area contributed by atoms with Crippen LogP contribution in [0.3, 0.4) is 0 Å². The van der Waals surface area contributed by atoms with Crippen molar-refractivity contribution in [3.8, 4) is 5.75 Å². The number of hydrogen-bond acceptors (Lipinski definition) is 7. The van der Waals surface area contributed by atoms with Crippen molar-refractivity contribution in [3.05, 3.63) is 60.8 Å². The Balaban J connectivity index is 1.40. The first-order valence-corrected chi connectivity index (χ1v) is 8.97. The SMILES string of the molecule is COc1ccc(Nc2nncc(N3CCN(c4ccccc4)CC3)n2)cc1. The third-order valence-corrected chi connectivity index (χ3v) is 4.62. The Morgan fingerprint density at radius 3 is 2.30 bits per heavy atom. The summed E-state index contributed by atoms with van der Waals surface area (Å²) in [6, 6.07) is 18.1. The number of aromatic nitrogens is 3. The van der Waals surface area contributed by atoms with Gasteiger partial charge in [0.05, 0.1) is 13.3 Å². The van der Waals surface area contributed by atoms with Gasteiger partial charge in [-0.25, -0.2) is 0 Å². The number of nitrogens with one attached hydrogen (secondary N) is 1. The van der Waals surface area contributed by atoms with Gasteiger partial charge >= 0.3 is 0 Å². The fourth-order valence-corrected chi connectivity index (χ4v) is 3.14. The van der Waals surface area contributed by atoms with Gasteiger partial charge in [0.15, 0.2) is 5.82 Å². The molecule has 0 radical (unpaired) electrons. The first kappa shape index (κ1) is 17.1. The lowest BCUT2D eigenvalue weighted by molar-refractivity contribution is 0.415. The molecule has 7 nitrogen and oxygen atoms in total. The van der Waals surface area contributed by atoms with Crippen molar-refractivity contribution >= 4 is 23.1 Å². The molecular weight excluding hydrogens is 340 g/mol. The molecular formula is C20H22N6O. The Hall–Kier alpha value is -3.35. The minimum absolute atomic E-state index is 0.489. The number of para-hydroxylation sites is 1. The van der Waals surface area contributed by atoms with E-state index in [2.05, 4.69) is 54.6 Å². The second-order valence-electron chi connectivity index (χ2n) is 6.30. The summed E-state index contributed by atoms with van der Waals surface area (Å²) in [5.74, 6) is 2.14. The number of anilines is 4. The topological polar surface area (TPSA) is 66.4 Å². The van der Waals surface area contributed by atoms with Crippen molar-refractivity contribution in [2.75, 3.05) is 48.4 Å². The van der Waals surface area contributed by atoms with E-state index in [1.807, 2.05) is 30.3 Å². The third kappa shape index (κ3) is 4.08. The first-order chi connectivity index (χ1) is 13.3. The Bertz CT molecular complexity index is 863. The molecule has 1 aliphatic heterocycles. The molecule has 1 fully saturated rings. The fraction of sp³-hybridized carbons (Fsp3) is 0.250. The molecule has 0 atom stereocenters. The average Bonchev–Trinajstić information content (AvgIpc) is 2.75. The van der Waals surface area contributed by atoms with Crippen molar-refractivity contribution in [2.45, 2.75) is 0 Å². The Morgan fingerprint density at radius 1 is 0.889 bits per heavy atom. The highest BCUT2D eigenvalue weighted by molar-refractivity contribution is 5.56. The van der Waals surface area contributed by atoms with Gasteiger partial charge in [0.2, 0.25) is 5.95 Å². The van der Waals surface area contributed by atoms with Crippen LogP contribution in [0.25, 0.3) is 0 Å². The summed E-state index contributed by atoms with van der Waals surface area (Å²) in [6.07, 6.45) is 1.72. The van der Waals surface area contributed by atoms with Gasteiger partial charge in [-0.05, 0) is 36.4 Å². The van der Waals surface area contributed by atoms with Crippen LogP contribution in [-0.4, -0.2) is 48.5 Å². The molecule has 1 aromatic heterocycles. The van der Waals surface area contributed by atoms with Crippen LogP contribution in [-0.2, 0) is 0 Å². The van der Waals surface area contributed by atoms with Gasteiger partial charge in [0, 0.05) is 37.6 Å². The lowest BCUT2D eigenvalue weighted by Crippen LogP contribution is -2.46. The smallest absolute Gasteiger partial charge is 0.249 e. The lowest BCUT2D eigenvalue weighted by atomic mass is 10.2. The van der Waals surface area contributed by atoms with Crippen molar-refractivity contribution in [2.24, 2.45) is 0 Å². The molecule has 3 aromatic rings. The highest BCUT2D eigenvalue weighted by Gasteiger charge is 2.19. The molecule has 4 rings (SSSR count). The molecule has 0 amide bonds. The lowest BCUT2D eigenvalue weighted by Gasteiger charge is -2.36. The molecule has 0 bridgehead atoms. The van der Waals surface area contributed by atoms with Gasteiger partial charge in [0.1, 0.15) is 5.75 Å². The van der Waals surface area contributed by atoms with E-state index in [-0.39, 0.29) is 0 Å². The molecule has 1 saturated heterocycles. The second-order valence-corrected chi connectivity index (χ2v) is 6.30. The summed E-state index contributed by atoms with van der Waals surface area (Å²) < 4.78 is 5.18. The maximum Gasteiger partial charge on any atom is 0.249 e. The van der Waals surface area contributed by atoms with Crippen LogP contribution in [0, 0.1) is 0 Å². The average molecular weight is 362 g/mol. The number of methoxy groups -OCH3 is 1. The van der Waals surface area contributed by atoms with Gasteiger partial charge in [-0.3, -0.25) is 0 Å². The normalized spacial score (nSPS) is 14.1. The van der Waals surface area contributed by atoms with Crippen molar-refractivity contribution in [1.82, 2.24) is 15.2 Å². The summed E-state index contributed by atoms with van der Waals surface area (Å²) >= 11 is 0. The van der Waals surface area contributed by atoms with Crippen LogP contribution in [0.5, 0.6) is 5.75 Å². The number of hydrogen-bond donors (Lipinski definition) is 1. The van der Waals surface area contributed by atoms with E-state index < -0.39 is 0 Å². The van der Waals surface area contributed by atoms with Gasteiger partial charge in [-0.1, -0.05) is 18.2 Å². The third-order valence-electron chi connectivity index (χ3n) is 4.62. The summed E-state index contributed by atoms with van der Waals surface area (Å²) in [5.41, 5.74) is 2.16. The maximum atomic E-state index is 5.18. The standard InChI is InChI=1S/C20H22N6O/c1-27-18-9-7-16(8-10-18)22-20-23-19(15-21-24-20)26-13-11-25(12-14-26)17-5-3-2-4-6-17/h2-10,15H,11-14H2,1H3,(H,22,23,24). The fourth-order valence-electron chi connectivity index (χ4n) is 3.14. The van der Waals surface area contributed by atoms with Gasteiger partial charge < -0.3 is 19.9 Å². The van der Waals surface area contributed by atoms with Crippen LogP contribution >= 0.6 is 0 Å². The van der Waals surface area contributed by atoms with E-state index in [0.717, 1.165) is 43.4 Å². The first-order valence-electron chi connectivity index (χ1n) is 8.97. The minimum Gasteiger partial charge on any atom is -0.497 e. The highest BCUT2D eigenvalue weighted by atomic mass is 16.5. The van der Waals surface area contributed by atoms with E-state index in [0.29, 0.717) is 5.95 Å². The number of nitrogens with zero attached hydrogens (tertiary/aromatic N) is 5. The van der Waals surface area contributed by atoms with Crippen LogP contribution in [0.2, 0.25) is 0 Å². The number of piperazine rings is 1. The summed E-state index contributed by atoms with van der Waals surface area (Å²) in [5, 5.41) is 11.4. The highest BCUT2D eigenvalue weighted by Crippen LogP contribution is 2.21. The van der Waals surface area contributed by atoms with Crippen LogP contribution < -0.4 is 19.9 Å². The van der Waals surface area contributed by atoms with E-state index in [9.17, 15) is 0 Å². The quantitative estimate of drug-likeness (QED) is 0.748. The Labute approximate surface area is 158 Å². The minimum atomic E-state index is 0.489. The molecule has 2 heterocycles. The molecule has 0 saturated carbocycles. The van der Waals surface area contributed by atoms with E-state index in [1.165, 1.54) is 5.69 Å². The summed E-state index contributed by atoms with van der Waals surface area (Å²) in [4.78, 5) is 9.26. The van der Waals surface area contributed by atoms with Gasteiger partial charge in [0.25, 0.3) is 0 Å². The zero-order valence-corrected chi connectivity index (χ0v) is 15.2. The molecule has 138 valence electrons. The van der Waals surface area contributed by atoms with Gasteiger partial charge in [-0.15, -0.1) is 5.10 Å². The number of rotatable bonds is 5. The molecule has 1 N–H and O–H groups in total.